The molecule has 3 rings (SSSR count). The Morgan fingerprint density at radius 3 is 2.84 bits per heavy atom. The number of carbonyl (C=O) groups is 1. The van der Waals surface area contributed by atoms with Gasteiger partial charge in [-0.05, 0) is 18.6 Å². The van der Waals surface area contributed by atoms with Crippen LogP contribution in [0.3, 0.4) is 0 Å². The van der Waals surface area contributed by atoms with Crippen LogP contribution in [-0.4, -0.2) is 42.2 Å². The first-order valence-electron chi connectivity index (χ1n) is 8.39. The van der Waals surface area contributed by atoms with E-state index in [0.29, 0.717) is 43.8 Å². The lowest BCUT2D eigenvalue weighted by Crippen LogP contribution is -2.52. The summed E-state index contributed by atoms with van der Waals surface area (Å²) in [4.78, 5) is 18.2. The minimum atomic E-state index is -0.578. The van der Waals surface area contributed by atoms with Crippen molar-refractivity contribution in [3.63, 3.8) is 0 Å². The van der Waals surface area contributed by atoms with Crippen molar-refractivity contribution in [1.29, 1.82) is 0 Å². The smallest absolute Gasteiger partial charge is 0.409 e. The fourth-order valence-electron chi connectivity index (χ4n) is 3.14. The number of nitrogens with two attached hydrogens (primary N) is 1. The van der Waals surface area contributed by atoms with Gasteiger partial charge in [-0.25, -0.2) is 14.2 Å². The summed E-state index contributed by atoms with van der Waals surface area (Å²) >= 11 is 0. The molecule has 0 aliphatic carbocycles. The number of fused-ring (bicyclic) bond motifs is 1. The maximum Gasteiger partial charge on any atom is 0.409 e. The molecule has 0 bridgehead atoms. The van der Waals surface area contributed by atoms with Gasteiger partial charge >= 0.3 is 6.09 Å². The van der Waals surface area contributed by atoms with Gasteiger partial charge in [0.2, 0.25) is 0 Å². The van der Waals surface area contributed by atoms with Crippen LogP contribution in [-0.2, 0) is 4.74 Å². The maximum absolute atomic E-state index is 13.9. The number of amidine groups is 1. The number of unbranched alkanes of at least 4 members (excludes halogenated alkanes) is 1. The van der Waals surface area contributed by atoms with Crippen LogP contribution < -0.4 is 11.1 Å². The maximum atomic E-state index is 13.9. The van der Waals surface area contributed by atoms with Gasteiger partial charge in [-0.15, -0.1) is 12.4 Å². The van der Waals surface area contributed by atoms with Crippen LogP contribution in [0.25, 0.3) is 0 Å². The van der Waals surface area contributed by atoms with Crippen LogP contribution in [0.15, 0.2) is 23.2 Å². The summed E-state index contributed by atoms with van der Waals surface area (Å²) in [6.45, 7) is 3.56. The molecule has 2 aliphatic heterocycles. The molecule has 2 aliphatic rings. The van der Waals surface area contributed by atoms with Gasteiger partial charge in [0, 0.05) is 31.6 Å². The number of aliphatic imine (C=N–C) groups is 1. The molecule has 0 saturated carbocycles. The summed E-state index contributed by atoms with van der Waals surface area (Å²) in [6, 6.07) is 4.82. The molecule has 0 atom stereocenters. The minimum absolute atomic E-state index is 0. The van der Waals surface area contributed by atoms with E-state index < -0.39 is 5.66 Å². The van der Waals surface area contributed by atoms with Crippen LogP contribution in [0.2, 0.25) is 0 Å². The average Bonchev–Trinajstić information content (AvgIpc) is 2.55. The molecular weight excluding hydrogens is 347 g/mol. The van der Waals surface area contributed by atoms with E-state index in [1.165, 1.54) is 6.07 Å². The third-order valence-corrected chi connectivity index (χ3v) is 4.54. The number of carbonyl (C=O) groups excluding carboxylic acids is 1. The summed E-state index contributed by atoms with van der Waals surface area (Å²) in [6.07, 6.45) is 2.79. The molecule has 8 heteroatoms. The van der Waals surface area contributed by atoms with Crippen LogP contribution in [0.4, 0.5) is 14.9 Å². The molecule has 0 aromatic heterocycles. The van der Waals surface area contributed by atoms with Crippen molar-refractivity contribution in [3.05, 3.63) is 29.6 Å². The molecule has 1 amide bonds. The van der Waals surface area contributed by atoms with Crippen molar-refractivity contribution >= 4 is 30.0 Å². The molecule has 1 fully saturated rings. The first-order valence-corrected chi connectivity index (χ1v) is 8.39. The molecule has 6 nitrogen and oxygen atoms in total. The lowest BCUT2D eigenvalue weighted by Gasteiger charge is -2.42. The van der Waals surface area contributed by atoms with E-state index in [1.54, 1.807) is 17.0 Å². The average molecular weight is 371 g/mol. The van der Waals surface area contributed by atoms with Gasteiger partial charge in [0.15, 0.2) is 0 Å². The molecule has 0 radical (unpaired) electrons. The van der Waals surface area contributed by atoms with Crippen molar-refractivity contribution in [2.45, 2.75) is 38.3 Å². The molecule has 2 heterocycles. The first-order chi connectivity index (χ1) is 11.5. The normalized spacial score (nSPS) is 17.8. The number of likely N-dealkylation sites (tertiary alicyclic amines) is 1. The number of nitrogens with zero attached hydrogens (tertiary/aromatic N) is 2. The summed E-state index contributed by atoms with van der Waals surface area (Å²) in [7, 11) is 0. The standard InChI is InChI=1S/C17H23FN4O2.ClH/c1-2-3-11-24-16(23)22-9-7-17(8-10-22)20-13-6-4-5-12(18)14(13)15(19)21-17;/h4-6,20H,2-3,7-11H2,1H3,(H2,19,21);1H. The molecule has 138 valence electrons. The second kappa shape index (κ2) is 7.91. The number of hydrogen-bond donors (Lipinski definition) is 2. The third kappa shape index (κ3) is 3.98. The van der Waals surface area contributed by atoms with E-state index in [0.717, 1.165) is 12.8 Å². The Morgan fingerprint density at radius 1 is 1.44 bits per heavy atom. The topological polar surface area (TPSA) is 80.0 Å². The van der Waals surface area contributed by atoms with Gasteiger partial charge in [0.25, 0.3) is 0 Å². The molecule has 25 heavy (non-hydrogen) atoms. The van der Waals surface area contributed by atoms with E-state index >= 15 is 0 Å². The molecule has 3 N–H and O–H groups in total. The lowest BCUT2D eigenvalue weighted by atomic mass is 9.94. The monoisotopic (exact) mass is 370 g/mol. The zero-order chi connectivity index (χ0) is 17.2. The quantitative estimate of drug-likeness (QED) is 0.801. The third-order valence-electron chi connectivity index (χ3n) is 4.54. The van der Waals surface area contributed by atoms with Gasteiger partial charge in [0.1, 0.15) is 17.3 Å². The Hall–Kier alpha value is -2.02. The first kappa shape index (κ1) is 19.3. The van der Waals surface area contributed by atoms with Gasteiger partial charge in [0.05, 0.1) is 12.2 Å². The molecule has 1 aromatic rings. The number of ether oxygens (including phenoxy) is 1. The zero-order valence-electron chi connectivity index (χ0n) is 14.3. The Balaban J connectivity index is 0.00000225. The molecule has 0 unspecified atom stereocenters. The second-order valence-corrected chi connectivity index (χ2v) is 6.27. The van der Waals surface area contributed by atoms with Gasteiger partial charge < -0.3 is 20.7 Å². The van der Waals surface area contributed by atoms with Crippen molar-refractivity contribution in [1.82, 2.24) is 4.90 Å². The fourth-order valence-corrected chi connectivity index (χ4v) is 3.14. The van der Waals surface area contributed by atoms with Crippen LogP contribution in [0.1, 0.15) is 38.2 Å². The number of nitrogens with one attached hydrogen (secondary N) is 1. The molecular formula is C17H24ClFN4O2. The van der Waals surface area contributed by atoms with Crippen LogP contribution >= 0.6 is 12.4 Å². The van der Waals surface area contributed by atoms with E-state index in [9.17, 15) is 9.18 Å². The van der Waals surface area contributed by atoms with Crippen molar-refractivity contribution in [2.75, 3.05) is 25.0 Å². The summed E-state index contributed by atoms with van der Waals surface area (Å²) in [5.41, 5.74) is 6.39. The highest BCUT2D eigenvalue weighted by Crippen LogP contribution is 2.35. The lowest BCUT2D eigenvalue weighted by molar-refractivity contribution is 0.0855. The van der Waals surface area contributed by atoms with E-state index in [-0.39, 0.29) is 30.2 Å². The Kier molecular flexibility index (Phi) is 6.11. The second-order valence-electron chi connectivity index (χ2n) is 6.27. The molecule has 1 aromatic carbocycles. The highest BCUT2D eigenvalue weighted by Gasteiger charge is 2.39. The number of amides is 1. The van der Waals surface area contributed by atoms with Crippen LogP contribution in [0.5, 0.6) is 0 Å². The minimum Gasteiger partial charge on any atom is -0.449 e. The highest BCUT2D eigenvalue weighted by molar-refractivity contribution is 6.04. The number of piperidine rings is 1. The zero-order valence-corrected chi connectivity index (χ0v) is 15.1. The number of benzene rings is 1. The fraction of sp³-hybridized carbons (Fsp3) is 0.529. The van der Waals surface area contributed by atoms with Crippen molar-refractivity contribution in [2.24, 2.45) is 10.7 Å². The van der Waals surface area contributed by atoms with Crippen molar-refractivity contribution in [3.8, 4) is 0 Å². The van der Waals surface area contributed by atoms with E-state index in [1.807, 2.05) is 0 Å². The number of halogens is 2. The molecule has 1 spiro atoms. The summed E-state index contributed by atoms with van der Waals surface area (Å²) in [5, 5.41) is 3.31. The largest absolute Gasteiger partial charge is 0.449 e. The Labute approximate surface area is 153 Å². The van der Waals surface area contributed by atoms with Crippen molar-refractivity contribution < 1.29 is 13.9 Å². The Morgan fingerprint density at radius 2 is 2.16 bits per heavy atom. The van der Waals surface area contributed by atoms with Gasteiger partial charge in [-0.2, -0.15) is 0 Å². The molecule has 1 saturated heterocycles. The number of rotatable bonds is 3. The van der Waals surface area contributed by atoms with E-state index in [2.05, 4.69) is 17.2 Å². The SMILES string of the molecule is CCCCOC(=O)N1CCC2(CC1)N=C(N)c1c(F)cccc1N2.Cl. The number of hydrogen-bond acceptors (Lipinski definition) is 5. The summed E-state index contributed by atoms with van der Waals surface area (Å²) in [5.74, 6) is -0.172. The summed E-state index contributed by atoms with van der Waals surface area (Å²) < 4.78 is 19.2. The predicted molar refractivity (Wildman–Crippen MR) is 97.8 cm³/mol. The van der Waals surface area contributed by atoms with Crippen LogP contribution in [0, 0.1) is 5.82 Å². The highest BCUT2D eigenvalue weighted by atomic mass is 35.5. The predicted octanol–water partition coefficient (Wildman–Crippen LogP) is 3.11. The van der Waals surface area contributed by atoms with E-state index in [4.69, 9.17) is 10.5 Å². The number of anilines is 1. The van der Waals surface area contributed by atoms with Gasteiger partial charge in [-0.1, -0.05) is 19.4 Å². The van der Waals surface area contributed by atoms with Gasteiger partial charge in [-0.3, -0.25) is 0 Å². The Bertz CT molecular complexity index is 660.